The van der Waals surface area contributed by atoms with Crippen LogP contribution in [0, 0.1) is 18.8 Å². The van der Waals surface area contributed by atoms with E-state index in [1.54, 1.807) is 37.7 Å². The molecule has 0 amide bonds. The lowest BCUT2D eigenvalue weighted by Gasteiger charge is -2.37. The normalized spacial score (nSPS) is 23.4. The molecule has 0 aromatic carbocycles. The first-order valence-corrected chi connectivity index (χ1v) is 11.6. The fraction of sp³-hybridized carbons (Fsp3) is 0.522. The fourth-order valence-electron chi connectivity index (χ4n) is 4.26. The number of dihydropyridines is 1. The number of ether oxygens (including phenoxy) is 2. The van der Waals surface area contributed by atoms with Crippen molar-refractivity contribution in [3.8, 4) is 0 Å². The molecule has 2 aliphatic rings. The maximum Gasteiger partial charge on any atom is 0.336 e. The summed E-state index contributed by atoms with van der Waals surface area (Å²) in [6.07, 6.45) is 0.490. The summed E-state index contributed by atoms with van der Waals surface area (Å²) in [6.45, 7) is 7.77. The molecule has 168 valence electrons. The second kappa shape index (κ2) is 9.77. The molecule has 1 aliphatic heterocycles. The summed E-state index contributed by atoms with van der Waals surface area (Å²) in [5, 5.41) is 3.23. The third kappa shape index (κ3) is 4.59. The number of allylic oxidation sites excluding steroid dienone is 3. The van der Waals surface area contributed by atoms with E-state index >= 15 is 0 Å². The highest BCUT2D eigenvalue weighted by molar-refractivity contribution is 7.99. The minimum Gasteiger partial charge on any atom is -0.468 e. The van der Waals surface area contributed by atoms with Gasteiger partial charge in [-0.05, 0) is 44.1 Å². The van der Waals surface area contributed by atoms with Gasteiger partial charge in [0, 0.05) is 22.7 Å². The SMILES string of the molecule is CCSCCOC(=O)C1=C(C)NC2=C(C(=O)[C@H](C(=O)OC)[C@@H](C)C2)[C@@H]1c1ccc(C)o1. The summed E-state index contributed by atoms with van der Waals surface area (Å²) in [6, 6.07) is 3.56. The first kappa shape index (κ1) is 23.2. The van der Waals surface area contributed by atoms with Crippen molar-refractivity contribution >= 4 is 29.5 Å². The number of carbonyl (C=O) groups is 3. The number of furan rings is 1. The minimum atomic E-state index is -0.916. The van der Waals surface area contributed by atoms with Crippen molar-refractivity contribution in [2.45, 2.75) is 40.0 Å². The molecule has 0 unspecified atom stereocenters. The molecule has 0 saturated carbocycles. The van der Waals surface area contributed by atoms with E-state index in [4.69, 9.17) is 13.9 Å². The predicted octanol–water partition coefficient (Wildman–Crippen LogP) is 3.50. The smallest absolute Gasteiger partial charge is 0.336 e. The Balaban J connectivity index is 2.03. The summed E-state index contributed by atoms with van der Waals surface area (Å²) in [5.74, 6) is -0.491. The Morgan fingerprint density at radius 1 is 1.29 bits per heavy atom. The average molecular weight is 448 g/mol. The van der Waals surface area contributed by atoms with Crippen LogP contribution < -0.4 is 5.32 Å². The van der Waals surface area contributed by atoms with E-state index in [1.807, 2.05) is 13.8 Å². The first-order valence-electron chi connectivity index (χ1n) is 10.4. The molecule has 3 rings (SSSR count). The van der Waals surface area contributed by atoms with Gasteiger partial charge in [-0.3, -0.25) is 9.59 Å². The summed E-state index contributed by atoms with van der Waals surface area (Å²) in [4.78, 5) is 39.0. The Hall–Kier alpha value is -2.48. The number of thioether (sulfide) groups is 1. The Labute approximate surface area is 186 Å². The van der Waals surface area contributed by atoms with Crippen LogP contribution in [-0.4, -0.2) is 42.9 Å². The zero-order valence-corrected chi connectivity index (χ0v) is 19.4. The second-order valence-corrected chi connectivity index (χ2v) is 9.21. The van der Waals surface area contributed by atoms with Crippen molar-refractivity contribution in [2.24, 2.45) is 11.8 Å². The third-order valence-electron chi connectivity index (χ3n) is 5.67. The molecular formula is C23H29NO6S. The fourth-order valence-corrected chi connectivity index (χ4v) is 4.75. The number of esters is 2. The largest absolute Gasteiger partial charge is 0.468 e. The van der Waals surface area contributed by atoms with Crippen LogP contribution in [0.3, 0.4) is 0 Å². The van der Waals surface area contributed by atoms with E-state index in [0.717, 1.165) is 5.75 Å². The number of ketones is 1. The minimum absolute atomic E-state index is 0.224. The van der Waals surface area contributed by atoms with E-state index in [2.05, 4.69) is 5.32 Å². The summed E-state index contributed by atoms with van der Waals surface area (Å²) in [7, 11) is 1.28. The first-order chi connectivity index (χ1) is 14.8. The zero-order chi connectivity index (χ0) is 22.7. The van der Waals surface area contributed by atoms with Gasteiger partial charge in [0.05, 0.1) is 18.6 Å². The molecule has 2 heterocycles. The van der Waals surface area contributed by atoms with Crippen LogP contribution in [0.5, 0.6) is 0 Å². The van der Waals surface area contributed by atoms with Crippen LogP contribution in [0.4, 0.5) is 0 Å². The molecule has 1 aromatic rings. The van der Waals surface area contributed by atoms with Crippen molar-refractivity contribution in [1.29, 1.82) is 0 Å². The second-order valence-electron chi connectivity index (χ2n) is 7.82. The molecule has 3 atom stereocenters. The van der Waals surface area contributed by atoms with Gasteiger partial charge in [-0.15, -0.1) is 0 Å². The molecular weight excluding hydrogens is 418 g/mol. The molecule has 7 nitrogen and oxygen atoms in total. The lowest BCUT2D eigenvalue weighted by molar-refractivity contribution is -0.151. The number of hydrogen-bond acceptors (Lipinski definition) is 8. The number of Topliss-reactive ketones (excluding diaryl/α,β-unsaturated/α-hetero) is 1. The Bertz CT molecular complexity index is 944. The molecule has 1 N–H and O–H groups in total. The van der Waals surface area contributed by atoms with Crippen LogP contribution in [0.25, 0.3) is 0 Å². The van der Waals surface area contributed by atoms with E-state index < -0.39 is 23.8 Å². The Morgan fingerprint density at radius 2 is 2.03 bits per heavy atom. The van der Waals surface area contributed by atoms with Crippen LogP contribution in [0.1, 0.15) is 44.6 Å². The van der Waals surface area contributed by atoms with E-state index in [9.17, 15) is 14.4 Å². The van der Waals surface area contributed by atoms with Crippen LogP contribution in [-0.2, 0) is 23.9 Å². The van der Waals surface area contributed by atoms with Gasteiger partial charge in [0.1, 0.15) is 24.0 Å². The molecule has 0 bridgehead atoms. The number of carbonyl (C=O) groups excluding carboxylic acids is 3. The highest BCUT2D eigenvalue weighted by atomic mass is 32.2. The van der Waals surface area contributed by atoms with Crippen LogP contribution >= 0.6 is 11.8 Å². The van der Waals surface area contributed by atoms with Gasteiger partial charge in [-0.1, -0.05) is 13.8 Å². The van der Waals surface area contributed by atoms with Gasteiger partial charge in [0.2, 0.25) is 0 Å². The van der Waals surface area contributed by atoms with Crippen molar-refractivity contribution in [1.82, 2.24) is 5.32 Å². The quantitative estimate of drug-likeness (QED) is 0.386. The average Bonchev–Trinajstić information content (AvgIpc) is 3.15. The third-order valence-corrected chi connectivity index (χ3v) is 6.54. The van der Waals surface area contributed by atoms with E-state index in [0.29, 0.717) is 46.2 Å². The molecule has 0 saturated heterocycles. The van der Waals surface area contributed by atoms with Gasteiger partial charge in [-0.25, -0.2) is 4.79 Å². The maximum atomic E-state index is 13.5. The molecule has 0 radical (unpaired) electrons. The lowest BCUT2D eigenvalue weighted by atomic mass is 9.70. The monoisotopic (exact) mass is 447 g/mol. The van der Waals surface area contributed by atoms with Gasteiger partial charge < -0.3 is 19.2 Å². The molecule has 8 heteroatoms. The lowest BCUT2D eigenvalue weighted by Crippen LogP contribution is -2.43. The van der Waals surface area contributed by atoms with Gasteiger partial charge in [0.25, 0.3) is 0 Å². The standard InChI is InChI=1S/C23H29NO6S/c1-6-31-10-9-29-23(27)18-14(4)24-15-11-12(2)17(22(26)28-5)21(25)19(15)20(18)16-8-7-13(3)30-16/h7-8,12,17,20,24H,6,9-11H2,1-5H3/t12-,17+,20+/m0/s1. The van der Waals surface area contributed by atoms with Crippen molar-refractivity contribution in [2.75, 3.05) is 25.2 Å². The number of aryl methyl sites for hydroxylation is 1. The zero-order valence-electron chi connectivity index (χ0n) is 18.6. The number of hydrogen-bond donors (Lipinski definition) is 1. The summed E-state index contributed by atoms with van der Waals surface area (Å²) < 4.78 is 16.3. The van der Waals surface area contributed by atoms with E-state index in [-0.39, 0.29) is 18.3 Å². The summed E-state index contributed by atoms with van der Waals surface area (Å²) in [5.41, 5.74) is 2.05. The molecule has 0 fully saturated rings. The predicted molar refractivity (Wildman–Crippen MR) is 117 cm³/mol. The van der Waals surface area contributed by atoms with Crippen LogP contribution in [0.15, 0.2) is 39.1 Å². The van der Waals surface area contributed by atoms with Crippen molar-refractivity contribution in [3.05, 3.63) is 46.2 Å². The van der Waals surface area contributed by atoms with Crippen LogP contribution in [0.2, 0.25) is 0 Å². The molecule has 1 aliphatic carbocycles. The van der Waals surface area contributed by atoms with E-state index in [1.165, 1.54) is 7.11 Å². The highest BCUT2D eigenvalue weighted by Crippen LogP contribution is 2.45. The van der Waals surface area contributed by atoms with Crippen molar-refractivity contribution in [3.63, 3.8) is 0 Å². The summed E-state index contributed by atoms with van der Waals surface area (Å²) >= 11 is 1.68. The number of methoxy groups -OCH3 is 1. The maximum absolute atomic E-state index is 13.5. The molecule has 1 aromatic heterocycles. The number of nitrogens with one attached hydrogen (secondary N) is 1. The van der Waals surface area contributed by atoms with Gasteiger partial charge in [-0.2, -0.15) is 11.8 Å². The van der Waals surface area contributed by atoms with Gasteiger partial charge in [0.15, 0.2) is 5.78 Å². The Kier molecular flexibility index (Phi) is 7.30. The van der Waals surface area contributed by atoms with Crippen molar-refractivity contribution < 1.29 is 28.3 Å². The molecule has 31 heavy (non-hydrogen) atoms. The van der Waals surface area contributed by atoms with Gasteiger partial charge >= 0.3 is 11.9 Å². The highest BCUT2D eigenvalue weighted by Gasteiger charge is 2.48. The Morgan fingerprint density at radius 3 is 2.65 bits per heavy atom. The topological polar surface area (TPSA) is 94.8 Å². The number of rotatable bonds is 7. The molecule has 0 spiro atoms.